The summed E-state index contributed by atoms with van der Waals surface area (Å²) in [6.07, 6.45) is 2.35. The van der Waals surface area contributed by atoms with Crippen LogP contribution < -0.4 is 0 Å². The Kier molecular flexibility index (Phi) is 3.70. The van der Waals surface area contributed by atoms with E-state index in [1.807, 2.05) is 20.8 Å². The molecule has 2 rings (SSSR count). The fraction of sp³-hybridized carbons (Fsp3) is 0.200. The largest absolute Gasteiger partial charge is 0.478 e. The molecule has 4 nitrogen and oxygen atoms in total. The number of nitrogens with zero attached hydrogens (tertiary/aromatic N) is 2. The van der Waals surface area contributed by atoms with Gasteiger partial charge in [-0.25, -0.2) is 13.9 Å². The lowest BCUT2D eigenvalue weighted by atomic mass is 10.1. The number of carbonyl (C=O) groups is 1. The maximum atomic E-state index is 13.4. The van der Waals surface area contributed by atoms with Gasteiger partial charge >= 0.3 is 5.97 Å². The highest BCUT2D eigenvalue weighted by molar-refractivity contribution is 5.86. The molecule has 1 aromatic heterocycles. The molecule has 0 unspecified atom stereocenters. The van der Waals surface area contributed by atoms with E-state index >= 15 is 0 Å². The fourth-order valence-corrected chi connectivity index (χ4v) is 1.97. The Hall–Kier alpha value is -2.43. The van der Waals surface area contributed by atoms with E-state index in [0.29, 0.717) is 11.3 Å². The molecule has 104 valence electrons. The quantitative estimate of drug-likeness (QED) is 0.875. The molecule has 0 aliphatic heterocycles. The minimum absolute atomic E-state index is 0.419. The second-order valence-corrected chi connectivity index (χ2v) is 4.58. The van der Waals surface area contributed by atoms with Gasteiger partial charge in [-0.05, 0) is 50.6 Å². The number of rotatable bonds is 3. The topological polar surface area (TPSA) is 55.1 Å². The van der Waals surface area contributed by atoms with Crippen LogP contribution in [-0.2, 0) is 4.79 Å². The number of aryl methyl sites for hydroxylation is 1. The highest BCUT2D eigenvalue weighted by atomic mass is 19.1. The summed E-state index contributed by atoms with van der Waals surface area (Å²) in [6, 6.07) is 4.22. The van der Waals surface area contributed by atoms with Crippen molar-refractivity contribution >= 4 is 12.0 Å². The number of aliphatic carboxylic acids is 1. The lowest BCUT2D eigenvalue weighted by molar-refractivity contribution is -0.131. The van der Waals surface area contributed by atoms with Crippen LogP contribution in [0.2, 0.25) is 0 Å². The van der Waals surface area contributed by atoms with E-state index in [1.165, 1.54) is 18.2 Å². The van der Waals surface area contributed by atoms with Gasteiger partial charge in [0.25, 0.3) is 0 Å². The fourth-order valence-electron chi connectivity index (χ4n) is 1.97. The van der Waals surface area contributed by atoms with Crippen LogP contribution in [0.25, 0.3) is 11.8 Å². The van der Waals surface area contributed by atoms with Gasteiger partial charge in [0.2, 0.25) is 0 Å². The van der Waals surface area contributed by atoms with E-state index in [2.05, 4.69) is 5.10 Å². The van der Waals surface area contributed by atoms with Gasteiger partial charge in [0.15, 0.2) is 0 Å². The summed E-state index contributed by atoms with van der Waals surface area (Å²) in [7, 11) is 0. The number of halogens is 1. The molecule has 0 bridgehead atoms. The van der Waals surface area contributed by atoms with Crippen LogP contribution in [0.3, 0.4) is 0 Å². The summed E-state index contributed by atoms with van der Waals surface area (Å²) < 4.78 is 15.1. The second kappa shape index (κ2) is 5.28. The van der Waals surface area contributed by atoms with Crippen LogP contribution in [0, 0.1) is 26.6 Å². The minimum atomic E-state index is -1.08. The number of aromatic nitrogens is 2. The van der Waals surface area contributed by atoms with Crippen molar-refractivity contribution in [3.63, 3.8) is 0 Å². The Balaban J connectivity index is 2.61. The summed E-state index contributed by atoms with van der Waals surface area (Å²) in [5.41, 5.74) is 4.01. The Morgan fingerprint density at radius 3 is 2.60 bits per heavy atom. The molecule has 0 aliphatic carbocycles. The van der Waals surface area contributed by atoms with Crippen molar-refractivity contribution in [3.8, 4) is 5.69 Å². The van der Waals surface area contributed by atoms with Crippen LogP contribution in [0.4, 0.5) is 4.39 Å². The van der Waals surface area contributed by atoms with Crippen molar-refractivity contribution in [2.45, 2.75) is 20.8 Å². The molecule has 0 saturated carbocycles. The molecule has 0 atom stereocenters. The van der Waals surface area contributed by atoms with Crippen molar-refractivity contribution in [3.05, 3.63) is 52.6 Å². The first-order valence-corrected chi connectivity index (χ1v) is 6.14. The summed E-state index contributed by atoms with van der Waals surface area (Å²) in [5.74, 6) is -1.50. The first kappa shape index (κ1) is 14.0. The summed E-state index contributed by atoms with van der Waals surface area (Å²) in [5, 5.41) is 13.1. The Morgan fingerprint density at radius 2 is 2.05 bits per heavy atom. The van der Waals surface area contributed by atoms with E-state index < -0.39 is 11.8 Å². The lowest BCUT2D eigenvalue weighted by Gasteiger charge is -2.09. The highest BCUT2D eigenvalue weighted by Crippen LogP contribution is 2.22. The van der Waals surface area contributed by atoms with Crippen LogP contribution in [0.15, 0.2) is 24.3 Å². The monoisotopic (exact) mass is 274 g/mol. The van der Waals surface area contributed by atoms with Gasteiger partial charge in [-0.3, -0.25) is 0 Å². The maximum absolute atomic E-state index is 13.4. The molecule has 0 amide bonds. The Labute approximate surface area is 116 Å². The Bertz CT molecular complexity index is 702. The standard InChI is InChI=1S/C15H15FN2O2/c1-9-10(2)17-18(11(9)3)14-6-5-13(16)8-12(14)4-7-15(19)20/h4-8H,1-3H3,(H,19,20). The van der Waals surface area contributed by atoms with Gasteiger partial charge in [0.05, 0.1) is 11.4 Å². The zero-order valence-corrected chi connectivity index (χ0v) is 11.5. The van der Waals surface area contributed by atoms with Gasteiger partial charge in [0, 0.05) is 17.3 Å². The molecule has 0 radical (unpaired) electrons. The van der Waals surface area contributed by atoms with Crippen molar-refractivity contribution < 1.29 is 14.3 Å². The smallest absolute Gasteiger partial charge is 0.328 e. The third kappa shape index (κ3) is 2.61. The molecule has 20 heavy (non-hydrogen) atoms. The molecule has 1 N–H and O–H groups in total. The molecule has 0 aliphatic rings. The zero-order valence-electron chi connectivity index (χ0n) is 11.5. The molecule has 0 spiro atoms. The van der Waals surface area contributed by atoms with Crippen molar-refractivity contribution in [2.24, 2.45) is 0 Å². The van der Waals surface area contributed by atoms with Gasteiger partial charge in [-0.1, -0.05) is 0 Å². The third-order valence-electron chi connectivity index (χ3n) is 3.28. The molecule has 1 heterocycles. The van der Waals surface area contributed by atoms with Crippen LogP contribution in [0.1, 0.15) is 22.5 Å². The first-order chi connectivity index (χ1) is 9.40. The van der Waals surface area contributed by atoms with E-state index in [9.17, 15) is 9.18 Å². The summed E-state index contributed by atoms with van der Waals surface area (Å²) in [4.78, 5) is 10.6. The number of carboxylic acids is 1. The number of benzene rings is 1. The Morgan fingerprint density at radius 1 is 1.35 bits per heavy atom. The third-order valence-corrected chi connectivity index (χ3v) is 3.28. The van der Waals surface area contributed by atoms with E-state index in [4.69, 9.17) is 5.11 Å². The molecular formula is C15H15FN2O2. The average Bonchev–Trinajstić information content (AvgIpc) is 2.64. The van der Waals surface area contributed by atoms with Gasteiger partial charge in [-0.2, -0.15) is 5.10 Å². The normalized spacial score (nSPS) is 11.2. The zero-order chi connectivity index (χ0) is 14.9. The van der Waals surface area contributed by atoms with Crippen LogP contribution in [-0.4, -0.2) is 20.9 Å². The molecule has 5 heteroatoms. The van der Waals surface area contributed by atoms with Crippen molar-refractivity contribution in [1.29, 1.82) is 0 Å². The average molecular weight is 274 g/mol. The molecule has 0 fully saturated rings. The van der Waals surface area contributed by atoms with Crippen LogP contribution in [0.5, 0.6) is 0 Å². The number of hydrogen-bond acceptors (Lipinski definition) is 2. The van der Waals surface area contributed by atoms with E-state index in [1.54, 1.807) is 10.7 Å². The molecule has 0 saturated heterocycles. The maximum Gasteiger partial charge on any atom is 0.328 e. The highest BCUT2D eigenvalue weighted by Gasteiger charge is 2.12. The second-order valence-electron chi connectivity index (χ2n) is 4.58. The van der Waals surface area contributed by atoms with E-state index in [-0.39, 0.29) is 0 Å². The predicted molar refractivity (Wildman–Crippen MR) is 74.4 cm³/mol. The van der Waals surface area contributed by atoms with Gasteiger partial charge < -0.3 is 5.11 Å². The molecule has 2 aromatic rings. The van der Waals surface area contributed by atoms with Crippen LogP contribution >= 0.6 is 0 Å². The summed E-state index contributed by atoms with van der Waals surface area (Å²) >= 11 is 0. The number of carboxylic acid groups (broad SMARTS) is 1. The molecular weight excluding hydrogens is 259 g/mol. The van der Waals surface area contributed by atoms with Crippen molar-refractivity contribution in [1.82, 2.24) is 9.78 Å². The first-order valence-electron chi connectivity index (χ1n) is 6.14. The van der Waals surface area contributed by atoms with E-state index in [0.717, 1.165) is 23.0 Å². The van der Waals surface area contributed by atoms with Crippen molar-refractivity contribution in [2.75, 3.05) is 0 Å². The lowest BCUT2D eigenvalue weighted by Crippen LogP contribution is -2.02. The number of hydrogen-bond donors (Lipinski definition) is 1. The SMILES string of the molecule is Cc1nn(-c2ccc(F)cc2C=CC(=O)O)c(C)c1C. The minimum Gasteiger partial charge on any atom is -0.478 e. The van der Waals surface area contributed by atoms with Gasteiger partial charge in [-0.15, -0.1) is 0 Å². The summed E-state index contributed by atoms with van der Waals surface area (Å²) in [6.45, 7) is 5.78. The van der Waals surface area contributed by atoms with Gasteiger partial charge in [0.1, 0.15) is 5.82 Å². The molecule has 1 aromatic carbocycles. The predicted octanol–water partition coefficient (Wildman–Crippen LogP) is 3.03.